The van der Waals surface area contributed by atoms with Gasteiger partial charge >= 0.3 is 6.18 Å². The van der Waals surface area contributed by atoms with E-state index in [0.29, 0.717) is 18.5 Å². The van der Waals surface area contributed by atoms with Crippen molar-refractivity contribution in [1.82, 2.24) is 14.9 Å². The molecule has 0 bridgehead atoms. The van der Waals surface area contributed by atoms with Gasteiger partial charge in [0.1, 0.15) is 11.6 Å². The first-order valence-corrected chi connectivity index (χ1v) is 10.0. The summed E-state index contributed by atoms with van der Waals surface area (Å²) in [6.45, 7) is 0. The summed E-state index contributed by atoms with van der Waals surface area (Å²) in [4.78, 5) is 33.3. The first-order chi connectivity index (χ1) is 15.6. The molecule has 0 aliphatic heterocycles. The number of fused-ring (bicyclic) bond motifs is 1. The number of benzene rings is 1. The average molecular weight is 455 g/mol. The summed E-state index contributed by atoms with van der Waals surface area (Å²) in [7, 11) is 3.06. The molecule has 1 amide bonds. The Morgan fingerprint density at radius 3 is 2.48 bits per heavy atom. The van der Waals surface area contributed by atoms with Crippen molar-refractivity contribution in [2.75, 3.05) is 24.7 Å². The topological polar surface area (TPSA) is 87.2 Å². The Bertz CT molecular complexity index is 1240. The van der Waals surface area contributed by atoms with E-state index in [4.69, 9.17) is 0 Å². The number of carbonyl (C=O) groups excluding carboxylic acids is 2. The van der Waals surface area contributed by atoms with Crippen molar-refractivity contribution >= 4 is 34.6 Å². The molecule has 33 heavy (non-hydrogen) atoms. The van der Waals surface area contributed by atoms with Crippen molar-refractivity contribution in [2.24, 2.45) is 0 Å². The summed E-state index contributed by atoms with van der Waals surface area (Å²) in [6.07, 6.45) is -1.82. The van der Waals surface area contributed by atoms with Gasteiger partial charge in [-0.05, 0) is 35.4 Å². The van der Waals surface area contributed by atoms with Crippen LogP contribution < -0.4 is 10.6 Å². The largest absolute Gasteiger partial charge is 0.419 e. The molecule has 2 N–H and O–H groups in total. The molecule has 7 nitrogen and oxygen atoms in total. The van der Waals surface area contributed by atoms with Gasteiger partial charge in [0.25, 0.3) is 5.91 Å². The summed E-state index contributed by atoms with van der Waals surface area (Å²) in [5.74, 6) is -0.160. The number of hydrogen-bond donors (Lipinski definition) is 2. The summed E-state index contributed by atoms with van der Waals surface area (Å²) in [5.41, 5.74) is 1.30. The number of anilines is 4. The van der Waals surface area contributed by atoms with Crippen molar-refractivity contribution < 1.29 is 22.8 Å². The first-order valence-electron chi connectivity index (χ1n) is 10.0. The van der Waals surface area contributed by atoms with E-state index in [-0.39, 0.29) is 28.7 Å². The van der Waals surface area contributed by atoms with Gasteiger partial charge in [-0.2, -0.15) is 13.2 Å². The average Bonchev–Trinajstić information content (AvgIpc) is 3.12. The zero-order chi connectivity index (χ0) is 23.8. The maximum absolute atomic E-state index is 13.7. The molecule has 170 valence electrons. The third-order valence-electron chi connectivity index (χ3n) is 5.15. The number of amides is 1. The zero-order valence-corrected chi connectivity index (χ0v) is 17.8. The van der Waals surface area contributed by atoms with Gasteiger partial charge < -0.3 is 15.5 Å². The van der Waals surface area contributed by atoms with Crippen LogP contribution in [-0.4, -0.2) is 40.7 Å². The smallest absolute Gasteiger partial charge is 0.353 e. The maximum Gasteiger partial charge on any atom is 0.419 e. The van der Waals surface area contributed by atoms with Gasteiger partial charge in [-0.1, -0.05) is 6.07 Å². The molecule has 0 saturated heterocycles. The highest BCUT2D eigenvalue weighted by Gasteiger charge is 2.35. The highest BCUT2D eigenvalue weighted by Crippen LogP contribution is 2.37. The molecule has 1 aromatic carbocycles. The highest BCUT2D eigenvalue weighted by atomic mass is 19.4. The molecule has 2 heterocycles. The molecule has 0 unspecified atom stereocenters. The van der Waals surface area contributed by atoms with Crippen LogP contribution in [0.25, 0.3) is 0 Å². The molecule has 0 atom stereocenters. The van der Waals surface area contributed by atoms with Gasteiger partial charge in [-0.15, -0.1) is 0 Å². The molecule has 0 fully saturated rings. The number of alkyl halides is 3. The number of rotatable bonds is 5. The number of aromatic nitrogens is 2. The fourth-order valence-corrected chi connectivity index (χ4v) is 3.56. The summed E-state index contributed by atoms with van der Waals surface area (Å²) < 4.78 is 41.0. The quantitative estimate of drug-likeness (QED) is 0.595. The predicted molar refractivity (Wildman–Crippen MR) is 117 cm³/mol. The standard InChI is InChI=1S/C23H20F3N5O2/c1-31(2)22(33)21-18(4-3-7-27-21)30-19-11-20(28-12-17(19)23(24,25)26)29-15-6-5-13-9-16(32)10-14(13)8-15/h3-8,11-12H,9-10H2,1-2H3,(H2,28,29,30). The molecule has 10 heteroatoms. The lowest BCUT2D eigenvalue weighted by Gasteiger charge is -2.18. The van der Waals surface area contributed by atoms with E-state index in [1.54, 1.807) is 12.1 Å². The Morgan fingerprint density at radius 1 is 1.00 bits per heavy atom. The van der Waals surface area contributed by atoms with E-state index in [1.165, 1.54) is 43.4 Å². The molecule has 0 saturated carbocycles. The second-order valence-electron chi connectivity index (χ2n) is 7.84. The third kappa shape index (κ3) is 4.79. The Balaban J connectivity index is 1.68. The molecule has 0 spiro atoms. The number of carbonyl (C=O) groups is 2. The van der Waals surface area contributed by atoms with Gasteiger partial charge in [-0.3, -0.25) is 9.59 Å². The molecule has 0 radical (unpaired) electrons. The number of hydrogen-bond acceptors (Lipinski definition) is 6. The fraction of sp³-hybridized carbons (Fsp3) is 0.217. The van der Waals surface area contributed by atoms with Crippen LogP contribution in [0.3, 0.4) is 0 Å². The number of pyridine rings is 2. The normalized spacial score (nSPS) is 12.9. The molecule has 1 aliphatic carbocycles. The van der Waals surface area contributed by atoms with E-state index in [1.807, 2.05) is 6.07 Å². The van der Waals surface area contributed by atoms with Crippen LogP contribution in [0.2, 0.25) is 0 Å². The van der Waals surface area contributed by atoms with Gasteiger partial charge in [-0.25, -0.2) is 9.97 Å². The lowest BCUT2D eigenvalue weighted by atomic mass is 10.1. The molecule has 1 aliphatic rings. The van der Waals surface area contributed by atoms with Crippen molar-refractivity contribution in [3.63, 3.8) is 0 Å². The minimum absolute atomic E-state index is 0.00904. The Kier molecular flexibility index (Phi) is 5.75. The van der Waals surface area contributed by atoms with Crippen molar-refractivity contribution in [1.29, 1.82) is 0 Å². The van der Waals surface area contributed by atoms with Crippen molar-refractivity contribution in [2.45, 2.75) is 19.0 Å². The van der Waals surface area contributed by atoms with Gasteiger partial charge in [0, 0.05) is 51.1 Å². The van der Waals surface area contributed by atoms with Crippen LogP contribution in [0.4, 0.5) is 36.1 Å². The summed E-state index contributed by atoms with van der Waals surface area (Å²) in [6, 6.07) is 9.59. The zero-order valence-electron chi connectivity index (χ0n) is 17.8. The molecule has 3 aromatic rings. The van der Waals surface area contributed by atoms with Gasteiger partial charge in [0.2, 0.25) is 0 Å². The third-order valence-corrected chi connectivity index (χ3v) is 5.15. The van der Waals surface area contributed by atoms with E-state index in [9.17, 15) is 22.8 Å². The minimum Gasteiger partial charge on any atom is -0.353 e. The highest BCUT2D eigenvalue weighted by molar-refractivity contribution is 5.98. The fourth-order valence-electron chi connectivity index (χ4n) is 3.56. The lowest BCUT2D eigenvalue weighted by molar-refractivity contribution is -0.137. The number of ketones is 1. The van der Waals surface area contributed by atoms with Crippen LogP contribution >= 0.6 is 0 Å². The Labute approximate surface area is 187 Å². The lowest BCUT2D eigenvalue weighted by Crippen LogP contribution is -2.24. The van der Waals surface area contributed by atoms with Gasteiger partial charge in [0.15, 0.2) is 5.69 Å². The molecule has 4 rings (SSSR count). The Hall–Kier alpha value is -3.95. The number of halogens is 3. The van der Waals surface area contributed by atoms with Crippen molar-refractivity contribution in [3.05, 3.63) is 71.2 Å². The van der Waals surface area contributed by atoms with Crippen molar-refractivity contribution in [3.8, 4) is 0 Å². The molecule has 2 aromatic heterocycles. The van der Waals surface area contributed by atoms with Crippen LogP contribution in [0, 0.1) is 0 Å². The summed E-state index contributed by atoms with van der Waals surface area (Å²) >= 11 is 0. The molecular formula is C23H20F3N5O2. The SMILES string of the molecule is CN(C)C(=O)c1ncccc1Nc1cc(Nc2ccc3c(c2)CC(=O)C3)ncc1C(F)(F)F. The van der Waals surface area contributed by atoms with Gasteiger partial charge in [0.05, 0.1) is 16.9 Å². The Morgan fingerprint density at radius 2 is 1.76 bits per heavy atom. The van der Waals surface area contributed by atoms with E-state index in [2.05, 4.69) is 20.6 Å². The van der Waals surface area contributed by atoms with Crippen LogP contribution in [0.1, 0.15) is 27.2 Å². The van der Waals surface area contributed by atoms with Crippen LogP contribution in [-0.2, 0) is 23.8 Å². The van der Waals surface area contributed by atoms with E-state index in [0.717, 1.165) is 17.3 Å². The predicted octanol–water partition coefficient (Wildman–Crippen LogP) is 4.35. The minimum atomic E-state index is -4.67. The van der Waals surface area contributed by atoms with Crippen LogP contribution in [0.15, 0.2) is 48.8 Å². The van der Waals surface area contributed by atoms with E-state index >= 15 is 0 Å². The molecular weight excluding hydrogens is 435 g/mol. The monoisotopic (exact) mass is 455 g/mol. The van der Waals surface area contributed by atoms with Crippen LogP contribution in [0.5, 0.6) is 0 Å². The number of nitrogens with one attached hydrogen (secondary N) is 2. The second kappa shape index (κ2) is 8.53. The van der Waals surface area contributed by atoms with E-state index < -0.39 is 17.6 Å². The number of nitrogens with zero attached hydrogens (tertiary/aromatic N) is 3. The maximum atomic E-state index is 13.7. The number of Topliss-reactive ketones (excluding diaryl/α,β-unsaturated/α-hetero) is 1. The summed E-state index contributed by atoms with van der Waals surface area (Å²) in [5, 5.41) is 5.69. The second-order valence-corrected chi connectivity index (χ2v) is 7.84. The first kappa shape index (κ1) is 22.3.